The van der Waals surface area contributed by atoms with Crippen LogP contribution in [0.15, 0.2) is 33.9 Å². The lowest BCUT2D eigenvalue weighted by molar-refractivity contribution is -0.133. The summed E-state index contributed by atoms with van der Waals surface area (Å²) in [6, 6.07) is 2.37. The molecule has 2 amide bonds. The highest BCUT2D eigenvalue weighted by Crippen LogP contribution is 2.23. The molecule has 0 aliphatic carbocycles. The van der Waals surface area contributed by atoms with E-state index in [2.05, 4.69) is 20.3 Å². The molecule has 3 aromatic heterocycles. The minimum atomic E-state index is -0.635. The largest absolute Gasteiger partial charge is 0.472 e. The molecule has 10 nitrogen and oxygen atoms in total. The van der Waals surface area contributed by atoms with Crippen LogP contribution in [0, 0.1) is 6.92 Å². The van der Waals surface area contributed by atoms with Gasteiger partial charge in [0.2, 0.25) is 16.0 Å². The lowest BCUT2D eigenvalue weighted by Crippen LogP contribution is -2.54. The van der Waals surface area contributed by atoms with E-state index in [9.17, 15) is 14.4 Å². The van der Waals surface area contributed by atoms with E-state index in [-0.39, 0.29) is 17.4 Å². The van der Waals surface area contributed by atoms with Gasteiger partial charge in [-0.15, -0.1) is 5.10 Å². The van der Waals surface area contributed by atoms with Crippen molar-refractivity contribution in [3.8, 4) is 0 Å². The number of fused-ring (bicyclic) bond motifs is 1. The molecule has 0 spiro atoms. The third-order valence-corrected chi connectivity index (χ3v) is 5.75. The summed E-state index contributed by atoms with van der Waals surface area (Å²) in [6.07, 6.45) is 2.75. The van der Waals surface area contributed by atoms with Crippen LogP contribution >= 0.6 is 11.3 Å². The molecule has 1 aliphatic heterocycles. The average molecular weight is 416 g/mol. The van der Waals surface area contributed by atoms with Crippen LogP contribution in [0.25, 0.3) is 4.96 Å². The molecule has 0 unspecified atom stereocenters. The van der Waals surface area contributed by atoms with Crippen molar-refractivity contribution in [3.63, 3.8) is 0 Å². The highest BCUT2D eigenvalue weighted by atomic mass is 32.1. The number of hydrogen-bond donors (Lipinski definition) is 1. The lowest BCUT2D eigenvalue weighted by Gasteiger charge is -2.35. The van der Waals surface area contributed by atoms with Crippen molar-refractivity contribution in [1.82, 2.24) is 24.8 Å². The van der Waals surface area contributed by atoms with Crippen molar-refractivity contribution in [2.75, 3.05) is 31.1 Å². The van der Waals surface area contributed by atoms with Gasteiger partial charge in [0.1, 0.15) is 12.3 Å². The zero-order valence-corrected chi connectivity index (χ0v) is 16.8. The number of piperazine rings is 1. The van der Waals surface area contributed by atoms with Gasteiger partial charge in [-0.3, -0.25) is 14.4 Å². The number of carbonyl (C=O) groups excluding carboxylic acids is 2. The van der Waals surface area contributed by atoms with Crippen molar-refractivity contribution in [2.45, 2.75) is 19.9 Å². The van der Waals surface area contributed by atoms with Gasteiger partial charge < -0.3 is 19.5 Å². The highest BCUT2D eigenvalue weighted by molar-refractivity contribution is 7.20. The molecule has 11 heteroatoms. The molecule has 4 heterocycles. The molecular weight excluding hydrogens is 396 g/mol. The van der Waals surface area contributed by atoms with Crippen LogP contribution in [0.2, 0.25) is 0 Å². The fourth-order valence-corrected chi connectivity index (χ4v) is 4.20. The minimum absolute atomic E-state index is 0.131. The van der Waals surface area contributed by atoms with Crippen molar-refractivity contribution < 1.29 is 14.0 Å². The maximum absolute atomic E-state index is 12.7. The molecule has 1 aliphatic rings. The number of rotatable bonds is 4. The minimum Gasteiger partial charge on any atom is -0.472 e. The monoisotopic (exact) mass is 416 g/mol. The van der Waals surface area contributed by atoms with E-state index in [1.165, 1.54) is 29.9 Å². The van der Waals surface area contributed by atoms with E-state index >= 15 is 0 Å². The fraction of sp³-hybridized carbons (Fsp3) is 0.389. The topological polar surface area (TPSA) is 113 Å². The van der Waals surface area contributed by atoms with Gasteiger partial charge in [0.05, 0.1) is 11.8 Å². The van der Waals surface area contributed by atoms with Gasteiger partial charge >= 0.3 is 0 Å². The van der Waals surface area contributed by atoms with Crippen LogP contribution < -0.4 is 15.8 Å². The van der Waals surface area contributed by atoms with Crippen LogP contribution in [0.3, 0.4) is 0 Å². The second kappa shape index (κ2) is 7.66. The van der Waals surface area contributed by atoms with Crippen LogP contribution in [-0.4, -0.2) is 63.5 Å². The third kappa shape index (κ3) is 3.86. The Hall–Kier alpha value is -3.21. The number of carbonyl (C=O) groups is 2. The molecule has 1 saturated heterocycles. The van der Waals surface area contributed by atoms with Crippen LogP contribution in [-0.2, 0) is 4.79 Å². The Kier molecular flexibility index (Phi) is 5.05. The second-order valence-corrected chi connectivity index (χ2v) is 7.77. The summed E-state index contributed by atoms with van der Waals surface area (Å²) in [5, 5.41) is 8.00. The number of anilines is 1. The van der Waals surface area contributed by atoms with Crippen molar-refractivity contribution in [3.05, 3.63) is 46.3 Å². The predicted octanol–water partition coefficient (Wildman–Crippen LogP) is 0.520. The van der Waals surface area contributed by atoms with Gasteiger partial charge in [-0.25, -0.2) is 4.52 Å². The van der Waals surface area contributed by atoms with Gasteiger partial charge in [-0.1, -0.05) is 11.3 Å². The summed E-state index contributed by atoms with van der Waals surface area (Å²) in [7, 11) is 0. The predicted molar refractivity (Wildman–Crippen MR) is 106 cm³/mol. The number of aromatic nitrogens is 3. The summed E-state index contributed by atoms with van der Waals surface area (Å²) in [5.74, 6) is -0.473. The molecule has 4 rings (SSSR count). The summed E-state index contributed by atoms with van der Waals surface area (Å²) < 4.78 is 6.55. The number of aryl methyl sites for hydroxylation is 1. The fourth-order valence-electron chi connectivity index (χ4n) is 3.20. The quantitative estimate of drug-likeness (QED) is 0.660. The highest BCUT2D eigenvalue weighted by Gasteiger charge is 2.27. The Morgan fingerprint density at radius 2 is 2.03 bits per heavy atom. The van der Waals surface area contributed by atoms with Gasteiger partial charge in [0.25, 0.3) is 11.5 Å². The van der Waals surface area contributed by atoms with Crippen LogP contribution in [0.1, 0.15) is 23.0 Å². The molecule has 0 saturated carbocycles. The molecule has 152 valence electrons. The van der Waals surface area contributed by atoms with Gasteiger partial charge in [0, 0.05) is 37.9 Å². The molecule has 3 aromatic rings. The first-order valence-electron chi connectivity index (χ1n) is 9.16. The number of hydrogen-bond acceptors (Lipinski definition) is 8. The van der Waals surface area contributed by atoms with E-state index in [4.69, 9.17) is 4.42 Å². The number of nitrogens with zero attached hydrogens (tertiary/aromatic N) is 5. The zero-order chi connectivity index (χ0) is 20.5. The van der Waals surface area contributed by atoms with Gasteiger partial charge in [-0.05, 0) is 19.9 Å². The SMILES string of the molecule is Cc1cc(=O)nc2sc(N3CCN(C(=O)[C@@H](C)NC(=O)c4ccoc4)CC3)nn12. The van der Waals surface area contributed by atoms with E-state index in [0.717, 1.165) is 10.8 Å². The van der Waals surface area contributed by atoms with Crippen molar-refractivity contribution in [1.29, 1.82) is 0 Å². The summed E-state index contributed by atoms with van der Waals surface area (Å²) in [4.78, 5) is 44.7. The first kappa shape index (κ1) is 19.1. The Balaban J connectivity index is 1.37. The maximum atomic E-state index is 12.7. The van der Waals surface area contributed by atoms with Crippen molar-refractivity contribution in [2.24, 2.45) is 0 Å². The second-order valence-electron chi connectivity index (χ2n) is 6.83. The Bertz CT molecular complexity index is 1100. The smallest absolute Gasteiger partial charge is 0.274 e. The number of amides is 2. The van der Waals surface area contributed by atoms with E-state index in [0.29, 0.717) is 36.7 Å². The van der Waals surface area contributed by atoms with Gasteiger partial charge in [-0.2, -0.15) is 4.98 Å². The number of nitrogens with one attached hydrogen (secondary N) is 1. The summed E-state index contributed by atoms with van der Waals surface area (Å²) in [6.45, 7) is 5.74. The van der Waals surface area contributed by atoms with E-state index in [1.54, 1.807) is 22.4 Å². The normalized spacial score (nSPS) is 15.5. The van der Waals surface area contributed by atoms with E-state index < -0.39 is 6.04 Å². The number of furan rings is 1. The molecule has 1 atom stereocenters. The summed E-state index contributed by atoms with van der Waals surface area (Å²) in [5.41, 5.74) is 0.839. The van der Waals surface area contributed by atoms with Crippen molar-refractivity contribution >= 4 is 33.2 Å². The first-order chi connectivity index (χ1) is 13.9. The van der Waals surface area contributed by atoms with Crippen LogP contribution in [0.5, 0.6) is 0 Å². The lowest BCUT2D eigenvalue weighted by atomic mass is 10.2. The molecule has 1 N–H and O–H groups in total. The Morgan fingerprint density at radius 3 is 2.72 bits per heavy atom. The standard InChI is InChI=1S/C18H20N6O4S/c1-11-9-14(25)20-17-24(11)21-18(29-17)23-6-4-22(5-7-23)16(27)12(2)19-15(26)13-3-8-28-10-13/h3,8-10,12H,4-7H2,1-2H3,(H,19,26)/t12-/m1/s1. The molecular formula is C18H20N6O4S. The summed E-state index contributed by atoms with van der Waals surface area (Å²) >= 11 is 1.35. The van der Waals surface area contributed by atoms with Gasteiger partial charge in [0.15, 0.2) is 0 Å². The average Bonchev–Trinajstić information content (AvgIpc) is 3.37. The zero-order valence-electron chi connectivity index (χ0n) is 16.0. The molecule has 0 aromatic carbocycles. The maximum Gasteiger partial charge on any atom is 0.274 e. The molecule has 0 bridgehead atoms. The first-order valence-corrected chi connectivity index (χ1v) is 9.98. The third-order valence-electron chi connectivity index (χ3n) is 4.78. The van der Waals surface area contributed by atoms with E-state index in [1.807, 2.05) is 6.92 Å². The Labute approximate surface area is 169 Å². The molecule has 0 radical (unpaired) electrons. The Morgan fingerprint density at radius 1 is 1.28 bits per heavy atom. The molecule has 1 fully saturated rings. The van der Waals surface area contributed by atoms with Crippen LogP contribution in [0.4, 0.5) is 5.13 Å². The molecule has 29 heavy (non-hydrogen) atoms.